The van der Waals surface area contributed by atoms with Crippen LogP contribution in [0, 0.1) is 13.8 Å². The van der Waals surface area contributed by atoms with E-state index in [1.165, 1.54) is 6.07 Å². The van der Waals surface area contributed by atoms with Gasteiger partial charge in [0.05, 0.1) is 18.8 Å². The summed E-state index contributed by atoms with van der Waals surface area (Å²) in [5.41, 5.74) is 2.48. The normalized spacial score (nSPS) is 12.7. The Morgan fingerprint density at radius 2 is 2.00 bits per heavy atom. The first-order chi connectivity index (χ1) is 14.8. The maximum Gasteiger partial charge on any atom is 0.387 e. The van der Waals surface area contributed by atoms with Gasteiger partial charge in [-0.2, -0.15) is 8.78 Å². The third-order valence-corrected chi connectivity index (χ3v) is 4.64. The highest BCUT2D eigenvalue weighted by atomic mass is 19.3. The summed E-state index contributed by atoms with van der Waals surface area (Å²) >= 11 is 0. The predicted octanol–water partition coefficient (Wildman–Crippen LogP) is 4.54. The molecule has 0 amide bonds. The summed E-state index contributed by atoms with van der Waals surface area (Å²) in [5.74, 6) is 2.09. The van der Waals surface area contributed by atoms with Gasteiger partial charge in [-0.15, -0.1) is 0 Å². The smallest absolute Gasteiger partial charge is 0.387 e. The number of alkyl halides is 2. The van der Waals surface area contributed by atoms with E-state index in [9.17, 15) is 8.78 Å². The van der Waals surface area contributed by atoms with Gasteiger partial charge < -0.3 is 24.6 Å². The molecule has 0 aliphatic heterocycles. The molecule has 0 aliphatic rings. The Hall–Kier alpha value is -2.84. The van der Waals surface area contributed by atoms with E-state index in [2.05, 4.69) is 27.7 Å². The molecule has 2 N–H and O–H groups in total. The van der Waals surface area contributed by atoms with Crippen LogP contribution in [0.4, 0.5) is 8.78 Å². The zero-order valence-corrected chi connectivity index (χ0v) is 18.8. The maximum absolute atomic E-state index is 12.9. The van der Waals surface area contributed by atoms with Crippen molar-refractivity contribution in [3.63, 3.8) is 0 Å². The minimum Gasteiger partial charge on any atom is -0.493 e. The fourth-order valence-electron chi connectivity index (χ4n) is 3.23. The lowest BCUT2D eigenvalue weighted by molar-refractivity contribution is -0.0505. The van der Waals surface area contributed by atoms with Crippen molar-refractivity contribution >= 4 is 5.96 Å². The number of hydrogen-bond acceptors (Lipinski definition) is 5. The van der Waals surface area contributed by atoms with Crippen LogP contribution in [0.25, 0.3) is 0 Å². The number of benzene rings is 1. The first-order valence-electron chi connectivity index (χ1n) is 10.5. The van der Waals surface area contributed by atoms with E-state index in [1.807, 2.05) is 27.7 Å². The Labute approximate surface area is 182 Å². The van der Waals surface area contributed by atoms with Crippen molar-refractivity contribution in [2.45, 2.75) is 60.1 Å². The highest BCUT2D eigenvalue weighted by Gasteiger charge is 2.17. The topological polar surface area (TPSA) is 80.9 Å². The molecule has 0 aliphatic carbocycles. The van der Waals surface area contributed by atoms with Gasteiger partial charge in [0.25, 0.3) is 0 Å². The summed E-state index contributed by atoms with van der Waals surface area (Å²) in [6.07, 6.45) is 0.821. The van der Waals surface area contributed by atoms with E-state index >= 15 is 0 Å². The van der Waals surface area contributed by atoms with E-state index in [1.54, 1.807) is 12.1 Å². The standard InChI is InChI=1S/C22H32F2N4O3/c1-6-10-29-18-9-8-17(19(11-18)30-21(23)24)13-27-22(25-7-2)26-12-14(3)20-15(4)28-31-16(20)5/h8-9,11,14,21H,6-7,10,12-13H2,1-5H3,(H2,25,26,27). The summed E-state index contributed by atoms with van der Waals surface area (Å²) in [6, 6.07) is 4.91. The van der Waals surface area contributed by atoms with Crippen LogP contribution < -0.4 is 20.1 Å². The van der Waals surface area contributed by atoms with Crippen molar-refractivity contribution in [2.24, 2.45) is 4.99 Å². The van der Waals surface area contributed by atoms with Crippen LogP contribution in [-0.4, -0.2) is 37.4 Å². The molecule has 31 heavy (non-hydrogen) atoms. The van der Waals surface area contributed by atoms with Gasteiger partial charge in [-0.25, -0.2) is 4.99 Å². The number of nitrogens with zero attached hydrogens (tertiary/aromatic N) is 2. The van der Waals surface area contributed by atoms with Crippen molar-refractivity contribution in [2.75, 3.05) is 19.7 Å². The average Bonchev–Trinajstić information content (AvgIpc) is 3.07. The van der Waals surface area contributed by atoms with E-state index < -0.39 is 6.61 Å². The monoisotopic (exact) mass is 438 g/mol. The van der Waals surface area contributed by atoms with E-state index in [-0.39, 0.29) is 18.2 Å². The molecule has 172 valence electrons. The van der Waals surface area contributed by atoms with E-state index in [0.29, 0.717) is 37.0 Å². The Balaban J connectivity index is 2.11. The molecule has 1 unspecified atom stereocenters. The predicted molar refractivity (Wildman–Crippen MR) is 116 cm³/mol. The third kappa shape index (κ3) is 7.41. The second-order valence-corrected chi connectivity index (χ2v) is 7.21. The number of halogens is 2. The number of guanidine groups is 1. The van der Waals surface area contributed by atoms with Crippen molar-refractivity contribution in [1.82, 2.24) is 15.8 Å². The minimum atomic E-state index is -2.92. The Kier molecular flexibility index (Phi) is 9.55. The first-order valence-corrected chi connectivity index (χ1v) is 10.5. The van der Waals surface area contributed by atoms with Gasteiger partial charge in [-0.3, -0.25) is 0 Å². The number of aromatic nitrogens is 1. The number of rotatable bonds is 11. The van der Waals surface area contributed by atoms with Crippen molar-refractivity contribution < 1.29 is 22.8 Å². The fourth-order valence-corrected chi connectivity index (χ4v) is 3.23. The van der Waals surface area contributed by atoms with E-state index in [0.717, 1.165) is 23.4 Å². The second-order valence-electron chi connectivity index (χ2n) is 7.21. The molecule has 7 nitrogen and oxygen atoms in total. The lowest BCUT2D eigenvalue weighted by atomic mass is 10.00. The van der Waals surface area contributed by atoms with Crippen LogP contribution in [0.1, 0.15) is 55.7 Å². The zero-order valence-electron chi connectivity index (χ0n) is 18.8. The minimum absolute atomic E-state index is 0.0623. The number of aliphatic imine (C=N–C) groups is 1. The molecule has 1 atom stereocenters. The van der Waals surface area contributed by atoms with Gasteiger partial charge in [-0.05, 0) is 39.3 Å². The van der Waals surface area contributed by atoms with Crippen LogP contribution >= 0.6 is 0 Å². The molecule has 9 heteroatoms. The average molecular weight is 439 g/mol. The molecule has 0 fully saturated rings. The molecule has 0 radical (unpaired) electrons. The lowest BCUT2D eigenvalue weighted by Gasteiger charge is -2.16. The molecule has 0 saturated heterocycles. The van der Waals surface area contributed by atoms with Crippen molar-refractivity contribution in [1.29, 1.82) is 0 Å². The molecular formula is C22H32F2N4O3. The Bertz CT molecular complexity index is 836. The molecule has 2 aromatic rings. The van der Waals surface area contributed by atoms with Crippen LogP contribution in [0.5, 0.6) is 11.5 Å². The SMILES string of the molecule is CCCOc1ccc(CN=C(NCC)NCC(C)c2c(C)noc2C)c(OC(F)F)c1. The van der Waals surface area contributed by atoms with Crippen molar-refractivity contribution in [3.8, 4) is 11.5 Å². The highest BCUT2D eigenvalue weighted by Crippen LogP contribution is 2.27. The van der Waals surface area contributed by atoms with Crippen LogP contribution in [0.3, 0.4) is 0 Å². The highest BCUT2D eigenvalue weighted by molar-refractivity contribution is 5.79. The van der Waals surface area contributed by atoms with Gasteiger partial charge in [0.2, 0.25) is 0 Å². The van der Waals surface area contributed by atoms with Gasteiger partial charge in [0.15, 0.2) is 5.96 Å². The summed E-state index contributed by atoms with van der Waals surface area (Å²) < 4.78 is 41.2. The fraction of sp³-hybridized carbons (Fsp3) is 0.545. The van der Waals surface area contributed by atoms with E-state index in [4.69, 9.17) is 14.0 Å². The second kappa shape index (κ2) is 12.1. The summed E-state index contributed by atoms with van der Waals surface area (Å²) in [7, 11) is 0. The van der Waals surface area contributed by atoms with Gasteiger partial charge in [-0.1, -0.05) is 19.0 Å². The molecule has 0 bridgehead atoms. The van der Waals surface area contributed by atoms with Crippen molar-refractivity contribution in [3.05, 3.63) is 40.8 Å². The van der Waals surface area contributed by atoms with Crippen LogP contribution in [0.2, 0.25) is 0 Å². The molecule has 1 aromatic carbocycles. The molecule has 0 spiro atoms. The molecular weight excluding hydrogens is 406 g/mol. The summed E-state index contributed by atoms with van der Waals surface area (Å²) in [4.78, 5) is 4.53. The number of nitrogens with one attached hydrogen (secondary N) is 2. The first kappa shape index (κ1) is 24.4. The molecule has 2 rings (SSSR count). The largest absolute Gasteiger partial charge is 0.493 e. The van der Waals surface area contributed by atoms with Gasteiger partial charge in [0.1, 0.15) is 17.3 Å². The Morgan fingerprint density at radius 1 is 1.23 bits per heavy atom. The van der Waals surface area contributed by atoms with Crippen LogP contribution in [-0.2, 0) is 6.54 Å². The zero-order chi connectivity index (χ0) is 22.8. The van der Waals surface area contributed by atoms with Crippen LogP contribution in [0.15, 0.2) is 27.7 Å². The lowest BCUT2D eigenvalue weighted by Crippen LogP contribution is -2.39. The van der Waals surface area contributed by atoms with Gasteiger partial charge >= 0.3 is 6.61 Å². The molecule has 0 saturated carbocycles. The number of aryl methyl sites for hydroxylation is 2. The third-order valence-electron chi connectivity index (χ3n) is 4.64. The van der Waals surface area contributed by atoms with Gasteiger partial charge in [0, 0.05) is 36.2 Å². The Morgan fingerprint density at radius 3 is 2.61 bits per heavy atom. The molecule has 1 heterocycles. The number of hydrogen-bond donors (Lipinski definition) is 2. The maximum atomic E-state index is 12.9. The molecule has 1 aromatic heterocycles. The summed E-state index contributed by atoms with van der Waals surface area (Å²) in [5, 5.41) is 10.5. The number of ether oxygens (including phenoxy) is 2. The summed E-state index contributed by atoms with van der Waals surface area (Å²) in [6.45, 7) is 8.84. The quantitative estimate of drug-likeness (QED) is 0.396.